The SMILES string of the molecule is CCc1cc(Br)ccc1NC(=O)COC(=O)[C@H](Cc1ccccc1)N1C(=O)[C@H]2CC=CC[C@H]2C1=O. The first-order valence-electron chi connectivity index (χ1n) is 11.7. The van der Waals surface area contributed by atoms with Crippen molar-refractivity contribution in [3.63, 3.8) is 0 Å². The predicted molar refractivity (Wildman–Crippen MR) is 134 cm³/mol. The Labute approximate surface area is 212 Å². The number of allylic oxidation sites excluding steroid dienone is 2. The number of benzene rings is 2. The number of nitrogens with one attached hydrogen (secondary N) is 1. The van der Waals surface area contributed by atoms with E-state index in [0.29, 0.717) is 24.9 Å². The van der Waals surface area contributed by atoms with Crippen molar-refractivity contribution in [2.45, 2.75) is 38.6 Å². The molecule has 0 radical (unpaired) electrons. The fraction of sp³-hybridized carbons (Fsp3) is 0.333. The molecule has 3 amide bonds. The Morgan fingerprint density at radius 3 is 2.34 bits per heavy atom. The maximum atomic E-state index is 13.2. The van der Waals surface area contributed by atoms with E-state index in [2.05, 4.69) is 21.2 Å². The molecule has 1 fully saturated rings. The summed E-state index contributed by atoms with van der Waals surface area (Å²) in [4.78, 5) is 53.1. The van der Waals surface area contributed by atoms with Crippen LogP contribution in [0.25, 0.3) is 0 Å². The van der Waals surface area contributed by atoms with Crippen molar-refractivity contribution in [1.29, 1.82) is 0 Å². The van der Waals surface area contributed by atoms with Crippen LogP contribution in [0.1, 0.15) is 30.9 Å². The number of likely N-dealkylation sites (tertiary alicyclic amines) is 1. The molecule has 182 valence electrons. The van der Waals surface area contributed by atoms with Crippen LogP contribution in [0.4, 0.5) is 5.69 Å². The molecule has 7 nitrogen and oxygen atoms in total. The number of anilines is 1. The number of carbonyl (C=O) groups excluding carboxylic acids is 4. The van der Waals surface area contributed by atoms with Crippen molar-refractivity contribution in [2.24, 2.45) is 11.8 Å². The molecule has 0 spiro atoms. The number of hydrogen-bond donors (Lipinski definition) is 1. The molecule has 4 rings (SSSR count). The smallest absolute Gasteiger partial charge is 0.330 e. The molecule has 8 heteroatoms. The normalized spacial score (nSPS) is 19.9. The number of aryl methyl sites for hydroxylation is 1. The van der Waals surface area contributed by atoms with Crippen molar-refractivity contribution in [3.8, 4) is 0 Å². The Balaban J connectivity index is 1.48. The molecule has 2 aliphatic rings. The van der Waals surface area contributed by atoms with Gasteiger partial charge < -0.3 is 10.1 Å². The average Bonchev–Trinajstić information content (AvgIpc) is 3.12. The van der Waals surface area contributed by atoms with E-state index in [1.807, 2.05) is 61.5 Å². The topological polar surface area (TPSA) is 92.8 Å². The van der Waals surface area contributed by atoms with Crippen molar-refractivity contribution < 1.29 is 23.9 Å². The quantitative estimate of drug-likeness (QED) is 0.311. The molecule has 1 N–H and O–H groups in total. The first kappa shape index (κ1) is 24.9. The molecular weight excluding hydrogens is 512 g/mol. The van der Waals surface area contributed by atoms with Crippen molar-refractivity contribution in [1.82, 2.24) is 4.90 Å². The maximum Gasteiger partial charge on any atom is 0.330 e. The second kappa shape index (κ2) is 11.0. The lowest BCUT2D eigenvalue weighted by Gasteiger charge is -2.25. The molecule has 2 aromatic rings. The van der Waals surface area contributed by atoms with Gasteiger partial charge in [0.25, 0.3) is 5.91 Å². The zero-order valence-corrected chi connectivity index (χ0v) is 21.0. The van der Waals surface area contributed by atoms with Gasteiger partial charge in [0.1, 0.15) is 6.04 Å². The summed E-state index contributed by atoms with van der Waals surface area (Å²) in [7, 11) is 0. The molecule has 0 unspecified atom stereocenters. The monoisotopic (exact) mass is 538 g/mol. The maximum absolute atomic E-state index is 13.2. The summed E-state index contributed by atoms with van der Waals surface area (Å²) in [6.07, 6.45) is 5.60. The fourth-order valence-corrected chi connectivity index (χ4v) is 5.05. The van der Waals surface area contributed by atoms with Crippen LogP contribution in [0.2, 0.25) is 0 Å². The fourth-order valence-electron chi connectivity index (χ4n) is 4.65. The van der Waals surface area contributed by atoms with Crippen molar-refractivity contribution in [3.05, 3.63) is 76.3 Å². The minimum absolute atomic E-state index is 0.123. The van der Waals surface area contributed by atoms with Crippen LogP contribution in [0.15, 0.2) is 65.2 Å². The summed E-state index contributed by atoms with van der Waals surface area (Å²) >= 11 is 3.42. The van der Waals surface area contributed by atoms with Gasteiger partial charge in [-0.05, 0) is 48.6 Å². The molecule has 0 bridgehead atoms. The Morgan fingerprint density at radius 1 is 1.06 bits per heavy atom. The summed E-state index contributed by atoms with van der Waals surface area (Å²) < 4.78 is 6.25. The first-order chi connectivity index (χ1) is 16.9. The van der Waals surface area contributed by atoms with Crippen LogP contribution in [0, 0.1) is 11.8 Å². The number of halogens is 1. The number of esters is 1. The van der Waals surface area contributed by atoms with Crippen LogP contribution < -0.4 is 5.32 Å². The highest BCUT2D eigenvalue weighted by molar-refractivity contribution is 9.10. The van der Waals surface area contributed by atoms with Crippen LogP contribution in [0.5, 0.6) is 0 Å². The summed E-state index contributed by atoms with van der Waals surface area (Å²) in [6.45, 7) is 1.46. The second-order valence-electron chi connectivity index (χ2n) is 8.72. The number of amides is 3. The van der Waals surface area contributed by atoms with Gasteiger partial charge in [0.2, 0.25) is 11.8 Å². The van der Waals surface area contributed by atoms with Gasteiger partial charge in [-0.15, -0.1) is 0 Å². The van der Waals surface area contributed by atoms with Crippen LogP contribution in [-0.2, 0) is 36.8 Å². The molecule has 1 aliphatic heterocycles. The number of ether oxygens (including phenoxy) is 1. The standard InChI is InChI=1S/C27H27BrN2O5/c1-2-18-15-19(28)12-13-22(18)29-24(31)16-35-27(34)23(14-17-8-4-3-5-9-17)30-25(32)20-10-6-7-11-21(20)26(30)33/h3-9,12-13,15,20-21,23H,2,10-11,14,16H2,1H3,(H,29,31)/t20-,21+,23-/m0/s1. The lowest BCUT2D eigenvalue weighted by Crippen LogP contribution is -2.48. The molecule has 1 aliphatic carbocycles. The van der Waals surface area contributed by atoms with E-state index in [-0.39, 0.29) is 18.2 Å². The van der Waals surface area contributed by atoms with E-state index in [0.717, 1.165) is 20.5 Å². The number of hydrogen-bond acceptors (Lipinski definition) is 5. The van der Waals surface area contributed by atoms with Gasteiger partial charge in [0.15, 0.2) is 6.61 Å². The van der Waals surface area contributed by atoms with E-state index in [9.17, 15) is 19.2 Å². The summed E-state index contributed by atoms with van der Waals surface area (Å²) in [5.41, 5.74) is 2.36. The van der Waals surface area contributed by atoms with E-state index in [1.165, 1.54) is 0 Å². The third-order valence-corrected chi connectivity index (χ3v) is 6.96. The van der Waals surface area contributed by atoms with Gasteiger partial charge in [-0.1, -0.05) is 65.3 Å². The van der Waals surface area contributed by atoms with Crippen LogP contribution in [0.3, 0.4) is 0 Å². The number of imide groups is 1. The molecular formula is C27H27BrN2O5. The minimum Gasteiger partial charge on any atom is -0.454 e. The van der Waals surface area contributed by atoms with Gasteiger partial charge in [-0.3, -0.25) is 19.3 Å². The average molecular weight is 539 g/mol. The van der Waals surface area contributed by atoms with Gasteiger partial charge in [0, 0.05) is 16.6 Å². The van der Waals surface area contributed by atoms with Crippen LogP contribution >= 0.6 is 15.9 Å². The molecule has 35 heavy (non-hydrogen) atoms. The highest BCUT2D eigenvalue weighted by Crippen LogP contribution is 2.36. The number of rotatable bonds is 8. The van der Waals surface area contributed by atoms with Gasteiger partial charge >= 0.3 is 5.97 Å². The van der Waals surface area contributed by atoms with Gasteiger partial charge in [0.05, 0.1) is 11.8 Å². The summed E-state index contributed by atoms with van der Waals surface area (Å²) in [5.74, 6) is -2.88. The first-order valence-corrected chi connectivity index (χ1v) is 12.5. The van der Waals surface area contributed by atoms with Gasteiger partial charge in [-0.25, -0.2) is 4.79 Å². The third kappa shape index (κ3) is 5.53. The van der Waals surface area contributed by atoms with Crippen molar-refractivity contribution in [2.75, 3.05) is 11.9 Å². The second-order valence-corrected chi connectivity index (χ2v) is 9.63. The van der Waals surface area contributed by atoms with E-state index < -0.39 is 36.4 Å². The predicted octanol–water partition coefficient (Wildman–Crippen LogP) is 4.06. The molecule has 3 atom stereocenters. The zero-order valence-electron chi connectivity index (χ0n) is 19.4. The summed E-state index contributed by atoms with van der Waals surface area (Å²) in [6, 6.07) is 13.5. The molecule has 2 aromatic carbocycles. The van der Waals surface area contributed by atoms with Crippen LogP contribution in [-0.4, -0.2) is 41.2 Å². The number of carbonyl (C=O) groups is 4. The number of fused-ring (bicyclic) bond motifs is 1. The Kier molecular flexibility index (Phi) is 7.80. The van der Waals surface area contributed by atoms with E-state index in [1.54, 1.807) is 6.07 Å². The zero-order chi connectivity index (χ0) is 24.9. The highest BCUT2D eigenvalue weighted by atomic mass is 79.9. The minimum atomic E-state index is -1.13. The molecule has 0 saturated carbocycles. The third-order valence-electron chi connectivity index (χ3n) is 6.47. The molecule has 1 saturated heterocycles. The lowest BCUT2D eigenvalue weighted by atomic mass is 9.85. The highest BCUT2D eigenvalue weighted by Gasteiger charge is 2.51. The molecule has 1 heterocycles. The number of nitrogens with zero attached hydrogens (tertiary/aromatic N) is 1. The Morgan fingerprint density at radius 2 is 1.71 bits per heavy atom. The lowest BCUT2D eigenvalue weighted by molar-refractivity contribution is -0.159. The Bertz CT molecular complexity index is 1140. The molecule has 0 aromatic heterocycles. The largest absolute Gasteiger partial charge is 0.454 e. The summed E-state index contributed by atoms with van der Waals surface area (Å²) in [5, 5.41) is 2.77. The van der Waals surface area contributed by atoms with Crippen molar-refractivity contribution >= 4 is 45.3 Å². The van der Waals surface area contributed by atoms with E-state index in [4.69, 9.17) is 4.74 Å². The Hall–Kier alpha value is -3.26. The van der Waals surface area contributed by atoms with E-state index >= 15 is 0 Å². The van der Waals surface area contributed by atoms with Gasteiger partial charge in [-0.2, -0.15) is 0 Å².